The Morgan fingerprint density at radius 3 is 2.71 bits per heavy atom. The number of nitrogens with zero attached hydrogens (tertiary/aromatic N) is 3. The number of rotatable bonds is 4. The molecule has 1 aromatic heterocycles. The van der Waals surface area contributed by atoms with E-state index in [-0.39, 0.29) is 30.9 Å². The zero-order chi connectivity index (χ0) is 17.5. The summed E-state index contributed by atoms with van der Waals surface area (Å²) in [6.45, 7) is 2.85. The molecule has 128 valence electrons. The maximum atomic E-state index is 13.2. The summed E-state index contributed by atoms with van der Waals surface area (Å²) in [6, 6.07) is 4.16. The molecule has 0 radical (unpaired) electrons. The molecule has 2 aromatic rings. The van der Waals surface area contributed by atoms with Crippen molar-refractivity contribution in [3.05, 3.63) is 39.8 Å². The van der Waals surface area contributed by atoms with Gasteiger partial charge >= 0.3 is 0 Å². The van der Waals surface area contributed by atoms with E-state index in [9.17, 15) is 19.1 Å². The standard InChI is InChI=1S/C15H17F2N4O3/c1-9-15(10(2)24-19-9)11-3-4-13(14(7-11)20(22)23)18-12-5-6-21(16,17)8-12/h3-4,7,12,18H,5-6,8H2,1-2H3/q+1/t12-/m1/s1. The smallest absolute Gasteiger partial charge is 0.292 e. The van der Waals surface area contributed by atoms with Gasteiger partial charge in [0.1, 0.15) is 11.4 Å². The average Bonchev–Trinajstić information content (AvgIpc) is 3.01. The van der Waals surface area contributed by atoms with E-state index in [2.05, 4.69) is 10.5 Å². The monoisotopic (exact) mass is 339 g/mol. The Hall–Kier alpha value is -2.55. The number of benzene rings is 1. The number of anilines is 1. The Labute approximate surface area is 136 Å². The highest BCUT2D eigenvalue weighted by Crippen LogP contribution is 2.35. The molecule has 9 heteroatoms. The predicted molar refractivity (Wildman–Crippen MR) is 82.3 cm³/mol. The van der Waals surface area contributed by atoms with Crippen LogP contribution in [0.1, 0.15) is 17.9 Å². The third-order valence-electron chi connectivity index (χ3n) is 4.17. The third-order valence-corrected chi connectivity index (χ3v) is 4.17. The van der Waals surface area contributed by atoms with Gasteiger partial charge in [-0.3, -0.25) is 10.1 Å². The summed E-state index contributed by atoms with van der Waals surface area (Å²) in [5.41, 5.74) is 2.03. The number of hydrogen-bond acceptors (Lipinski definition) is 5. The second-order valence-corrected chi connectivity index (χ2v) is 5.99. The lowest BCUT2D eigenvalue weighted by Gasteiger charge is -2.13. The minimum Gasteiger partial charge on any atom is -0.371 e. The van der Waals surface area contributed by atoms with E-state index < -0.39 is 15.9 Å². The van der Waals surface area contributed by atoms with Gasteiger partial charge in [0.05, 0.1) is 21.6 Å². The third kappa shape index (κ3) is 3.07. The summed E-state index contributed by atoms with van der Waals surface area (Å²) in [7, 11) is 0. The van der Waals surface area contributed by atoms with E-state index in [1.54, 1.807) is 26.0 Å². The molecule has 1 saturated heterocycles. The lowest BCUT2D eigenvalue weighted by atomic mass is 10.0. The first kappa shape index (κ1) is 16.3. The second kappa shape index (κ2) is 5.82. The summed E-state index contributed by atoms with van der Waals surface area (Å²) < 4.78 is 31.6. The number of nitro benzene ring substituents is 1. The van der Waals surface area contributed by atoms with E-state index in [1.807, 2.05) is 0 Å². The molecule has 1 atom stereocenters. The molecule has 0 bridgehead atoms. The van der Waals surface area contributed by atoms with Gasteiger partial charge in [-0.15, -0.1) is 0 Å². The fourth-order valence-electron chi connectivity index (χ4n) is 3.04. The molecule has 1 aromatic carbocycles. The number of halogens is 2. The fraction of sp³-hybridized carbons (Fsp3) is 0.400. The summed E-state index contributed by atoms with van der Waals surface area (Å²) in [5, 5.41) is 18.1. The van der Waals surface area contributed by atoms with Crippen LogP contribution in [-0.4, -0.2) is 34.1 Å². The minimum absolute atomic E-state index is 0.157. The summed E-state index contributed by atoms with van der Waals surface area (Å²) in [6.07, 6.45) is 0.260. The molecule has 1 aliphatic heterocycles. The lowest BCUT2D eigenvalue weighted by molar-refractivity contribution is -1.16. The highest BCUT2D eigenvalue weighted by molar-refractivity contribution is 5.75. The molecule has 3 rings (SSSR count). The van der Waals surface area contributed by atoms with Crippen molar-refractivity contribution < 1.29 is 23.3 Å². The van der Waals surface area contributed by atoms with E-state index in [0.29, 0.717) is 22.6 Å². The van der Waals surface area contributed by atoms with Crippen molar-refractivity contribution in [1.29, 1.82) is 0 Å². The molecule has 0 unspecified atom stereocenters. The van der Waals surface area contributed by atoms with Gasteiger partial charge in [-0.05, 0) is 25.5 Å². The van der Waals surface area contributed by atoms with Crippen molar-refractivity contribution in [1.82, 2.24) is 5.16 Å². The van der Waals surface area contributed by atoms with E-state index in [1.165, 1.54) is 6.07 Å². The Kier molecular flexibility index (Phi) is 3.96. The van der Waals surface area contributed by atoms with Crippen LogP contribution in [-0.2, 0) is 0 Å². The number of nitro groups is 1. The summed E-state index contributed by atoms with van der Waals surface area (Å²) in [5.74, 6) is 0.565. The number of quaternary nitrogens is 1. The maximum absolute atomic E-state index is 13.2. The van der Waals surface area contributed by atoms with Crippen molar-refractivity contribution in [3.8, 4) is 11.1 Å². The first-order valence-electron chi connectivity index (χ1n) is 7.51. The Bertz CT molecular complexity index is 772. The van der Waals surface area contributed by atoms with Crippen molar-refractivity contribution in [2.24, 2.45) is 0 Å². The van der Waals surface area contributed by atoms with Crippen molar-refractivity contribution in [3.63, 3.8) is 0 Å². The zero-order valence-electron chi connectivity index (χ0n) is 13.3. The van der Waals surface area contributed by atoms with E-state index in [4.69, 9.17) is 4.52 Å². The Morgan fingerprint density at radius 2 is 2.17 bits per heavy atom. The fourth-order valence-corrected chi connectivity index (χ4v) is 3.04. The number of nitrogens with one attached hydrogen (secondary N) is 1. The van der Waals surface area contributed by atoms with Crippen molar-refractivity contribution in [2.45, 2.75) is 26.3 Å². The van der Waals surface area contributed by atoms with Crippen LogP contribution < -0.4 is 5.32 Å². The van der Waals surface area contributed by atoms with Crippen molar-refractivity contribution in [2.75, 3.05) is 18.4 Å². The molecule has 7 nitrogen and oxygen atoms in total. The second-order valence-electron chi connectivity index (χ2n) is 5.99. The predicted octanol–water partition coefficient (Wildman–Crippen LogP) is 3.64. The summed E-state index contributed by atoms with van der Waals surface area (Å²) >= 11 is 0. The van der Waals surface area contributed by atoms with Gasteiger partial charge in [-0.25, -0.2) is 0 Å². The average molecular weight is 339 g/mol. The first-order valence-corrected chi connectivity index (χ1v) is 7.51. The molecule has 1 aliphatic rings. The molecule has 0 aliphatic carbocycles. The van der Waals surface area contributed by atoms with E-state index >= 15 is 0 Å². The molecular weight excluding hydrogens is 322 g/mol. The Balaban J connectivity index is 1.93. The van der Waals surface area contributed by atoms with Gasteiger partial charge in [0.2, 0.25) is 0 Å². The summed E-state index contributed by atoms with van der Waals surface area (Å²) in [4.78, 5) is 8.80. The molecule has 0 spiro atoms. The zero-order valence-corrected chi connectivity index (χ0v) is 13.3. The molecule has 1 N–H and O–H groups in total. The first-order chi connectivity index (χ1) is 11.3. The lowest BCUT2D eigenvalue weighted by Crippen LogP contribution is -2.30. The quantitative estimate of drug-likeness (QED) is 0.522. The highest BCUT2D eigenvalue weighted by atomic mass is 19.4. The number of hydrogen-bond donors (Lipinski definition) is 1. The van der Waals surface area contributed by atoms with Crippen LogP contribution in [0.3, 0.4) is 0 Å². The topological polar surface area (TPSA) is 81.2 Å². The molecular formula is C15H17F2N4O3+. The molecule has 0 saturated carbocycles. The van der Waals surface area contributed by atoms with Crippen LogP contribution in [0.4, 0.5) is 20.3 Å². The van der Waals surface area contributed by atoms with Crippen LogP contribution in [0, 0.1) is 24.0 Å². The SMILES string of the molecule is Cc1noc(C)c1-c1ccc(N[C@@H]2CC[N+](F)(F)C2)c([N+](=O)[O-])c1. The van der Waals surface area contributed by atoms with Crippen LogP contribution >= 0.6 is 0 Å². The molecule has 24 heavy (non-hydrogen) atoms. The van der Waals surface area contributed by atoms with Crippen LogP contribution in [0.5, 0.6) is 0 Å². The molecule has 1 fully saturated rings. The van der Waals surface area contributed by atoms with Crippen LogP contribution in [0.25, 0.3) is 11.1 Å². The van der Waals surface area contributed by atoms with Crippen LogP contribution in [0.2, 0.25) is 0 Å². The van der Waals surface area contributed by atoms with Gasteiger partial charge < -0.3 is 9.84 Å². The maximum Gasteiger partial charge on any atom is 0.292 e. The largest absolute Gasteiger partial charge is 0.371 e. The van der Waals surface area contributed by atoms with Gasteiger partial charge in [-0.2, -0.15) is 0 Å². The number of aryl methyl sites for hydroxylation is 2. The van der Waals surface area contributed by atoms with Gasteiger partial charge in [0, 0.05) is 27.0 Å². The van der Waals surface area contributed by atoms with Gasteiger partial charge in [0.15, 0.2) is 13.1 Å². The van der Waals surface area contributed by atoms with Gasteiger partial charge in [0.25, 0.3) is 5.69 Å². The van der Waals surface area contributed by atoms with Gasteiger partial charge in [-0.1, -0.05) is 11.2 Å². The highest BCUT2D eigenvalue weighted by Gasteiger charge is 2.42. The number of aromatic nitrogens is 1. The minimum atomic E-state index is -2.07. The molecule has 2 heterocycles. The van der Waals surface area contributed by atoms with Crippen molar-refractivity contribution >= 4 is 11.4 Å². The van der Waals surface area contributed by atoms with E-state index in [0.717, 1.165) is 0 Å². The van der Waals surface area contributed by atoms with Crippen LogP contribution in [0.15, 0.2) is 22.7 Å². The normalized spacial score (nSPS) is 19.4. The molecule has 0 amide bonds. The Morgan fingerprint density at radius 1 is 1.42 bits per heavy atom.